The molecule has 0 saturated carbocycles. The number of hydrogen-bond donors (Lipinski definition) is 2. The van der Waals surface area contributed by atoms with Crippen LogP contribution < -0.4 is 0 Å². The zero-order valence-electron chi connectivity index (χ0n) is 13.5. The van der Waals surface area contributed by atoms with Gasteiger partial charge in [-0.3, -0.25) is 0 Å². The van der Waals surface area contributed by atoms with Gasteiger partial charge in [0, 0.05) is 12.0 Å². The Bertz CT molecular complexity index is 664. The van der Waals surface area contributed by atoms with Crippen molar-refractivity contribution >= 4 is 0 Å². The zero-order chi connectivity index (χ0) is 15.8. The predicted molar refractivity (Wildman–Crippen MR) is 87.2 cm³/mol. The first-order valence-corrected chi connectivity index (χ1v) is 7.30. The van der Waals surface area contributed by atoms with Crippen molar-refractivity contribution in [3.8, 4) is 11.5 Å². The molecule has 0 atom stereocenters. The lowest BCUT2D eigenvalue weighted by Gasteiger charge is -2.24. The van der Waals surface area contributed by atoms with Crippen molar-refractivity contribution in [3.63, 3.8) is 0 Å². The van der Waals surface area contributed by atoms with Crippen LogP contribution >= 0.6 is 0 Å². The van der Waals surface area contributed by atoms with Crippen LogP contribution in [0.2, 0.25) is 0 Å². The minimum atomic E-state index is -0.112. The van der Waals surface area contributed by atoms with Crippen LogP contribution in [0.5, 0.6) is 11.5 Å². The molecule has 0 heterocycles. The Hall–Kier alpha value is -1.96. The van der Waals surface area contributed by atoms with Crippen LogP contribution in [-0.4, -0.2) is 10.2 Å². The minimum Gasteiger partial charge on any atom is -0.508 e. The summed E-state index contributed by atoms with van der Waals surface area (Å²) in [7, 11) is 0. The third kappa shape index (κ3) is 3.21. The molecule has 0 saturated heterocycles. The quantitative estimate of drug-likeness (QED) is 0.846. The Morgan fingerprint density at radius 1 is 0.905 bits per heavy atom. The van der Waals surface area contributed by atoms with Gasteiger partial charge in [0.25, 0.3) is 0 Å². The second kappa shape index (κ2) is 5.44. The monoisotopic (exact) mass is 284 g/mol. The number of phenolic OH excluding ortho intramolecular Hbond substituents is 2. The van der Waals surface area contributed by atoms with E-state index in [1.807, 2.05) is 38.1 Å². The number of benzene rings is 2. The van der Waals surface area contributed by atoms with Crippen molar-refractivity contribution in [1.29, 1.82) is 0 Å². The van der Waals surface area contributed by atoms with Crippen molar-refractivity contribution in [1.82, 2.24) is 0 Å². The molecule has 0 fully saturated rings. The summed E-state index contributed by atoms with van der Waals surface area (Å²) in [4.78, 5) is 0. The van der Waals surface area contributed by atoms with Gasteiger partial charge < -0.3 is 10.2 Å². The molecule has 0 aliphatic heterocycles. The summed E-state index contributed by atoms with van der Waals surface area (Å²) in [5, 5.41) is 20.6. The Labute approximate surface area is 127 Å². The third-order valence-corrected chi connectivity index (χ3v) is 3.84. The van der Waals surface area contributed by atoms with Crippen LogP contribution in [0, 0.1) is 13.8 Å². The van der Waals surface area contributed by atoms with Crippen molar-refractivity contribution in [2.24, 2.45) is 0 Å². The fraction of sp³-hybridized carbons (Fsp3) is 0.368. The maximum atomic E-state index is 10.6. The molecule has 2 aromatic carbocycles. The van der Waals surface area contributed by atoms with E-state index in [-0.39, 0.29) is 11.2 Å². The van der Waals surface area contributed by atoms with E-state index in [1.165, 1.54) is 0 Å². The molecular weight excluding hydrogens is 260 g/mol. The fourth-order valence-electron chi connectivity index (χ4n) is 2.89. The summed E-state index contributed by atoms with van der Waals surface area (Å²) >= 11 is 0. The van der Waals surface area contributed by atoms with Gasteiger partial charge in [-0.2, -0.15) is 0 Å². The van der Waals surface area contributed by atoms with E-state index in [9.17, 15) is 10.2 Å². The largest absolute Gasteiger partial charge is 0.508 e. The zero-order valence-corrected chi connectivity index (χ0v) is 13.5. The van der Waals surface area contributed by atoms with Crippen molar-refractivity contribution in [2.75, 3.05) is 0 Å². The molecule has 2 rings (SSSR count). The minimum absolute atomic E-state index is 0.112. The van der Waals surface area contributed by atoms with Crippen molar-refractivity contribution in [2.45, 2.75) is 46.5 Å². The van der Waals surface area contributed by atoms with Crippen LogP contribution in [0.3, 0.4) is 0 Å². The summed E-state index contributed by atoms with van der Waals surface area (Å²) < 4.78 is 0. The molecule has 0 bridgehead atoms. The molecule has 2 heteroatoms. The predicted octanol–water partition coefficient (Wildman–Crippen LogP) is 4.60. The average molecular weight is 284 g/mol. The highest BCUT2D eigenvalue weighted by atomic mass is 16.3. The van der Waals surface area contributed by atoms with Crippen LogP contribution in [0.15, 0.2) is 30.3 Å². The van der Waals surface area contributed by atoms with Gasteiger partial charge in [0.2, 0.25) is 0 Å². The van der Waals surface area contributed by atoms with Crippen molar-refractivity contribution in [3.05, 3.63) is 58.1 Å². The molecule has 112 valence electrons. The second-order valence-corrected chi connectivity index (χ2v) is 6.82. The molecule has 2 aromatic rings. The van der Waals surface area contributed by atoms with Crippen LogP contribution in [-0.2, 0) is 11.8 Å². The summed E-state index contributed by atoms with van der Waals surface area (Å²) in [5.41, 5.74) is 4.76. The van der Waals surface area contributed by atoms with Gasteiger partial charge in [-0.15, -0.1) is 0 Å². The van der Waals surface area contributed by atoms with Gasteiger partial charge in [-0.1, -0.05) is 50.6 Å². The lowest BCUT2D eigenvalue weighted by molar-refractivity contribution is 0.439. The van der Waals surface area contributed by atoms with E-state index in [0.29, 0.717) is 12.2 Å². The van der Waals surface area contributed by atoms with Gasteiger partial charge >= 0.3 is 0 Å². The number of rotatable bonds is 2. The fourth-order valence-corrected chi connectivity index (χ4v) is 2.89. The van der Waals surface area contributed by atoms with Crippen molar-refractivity contribution < 1.29 is 10.2 Å². The first-order chi connectivity index (χ1) is 9.70. The standard InChI is InChI=1S/C19H24O2/c1-12-6-9-16(20)15(10-12)11-14-8-7-13(2)17(18(14)21)19(3,4)5/h6-10,20-21H,11H2,1-5H3. The van der Waals surface area contributed by atoms with E-state index in [4.69, 9.17) is 0 Å². The summed E-state index contributed by atoms with van der Waals surface area (Å²) in [5.74, 6) is 0.626. The molecular formula is C19H24O2. The highest BCUT2D eigenvalue weighted by molar-refractivity contribution is 5.51. The molecule has 0 spiro atoms. The topological polar surface area (TPSA) is 40.5 Å². The molecule has 0 amide bonds. The first kappa shape index (κ1) is 15.4. The SMILES string of the molecule is Cc1ccc(O)c(Cc2ccc(C)c(C(C)(C)C)c2O)c1. The molecule has 2 nitrogen and oxygen atoms in total. The Balaban J connectivity index is 2.49. The lowest BCUT2D eigenvalue weighted by Crippen LogP contribution is -2.14. The van der Waals surface area contributed by atoms with E-state index in [1.54, 1.807) is 6.07 Å². The average Bonchev–Trinajstić information content (AvgIpc) is 2.35. The van der Waals surface area contributed by atoms with Crippen LogP contribution in [0.4, 0.5) is 0 Å². The highest BCUT2D eigenvalue weighted by Gasteiger charge is 2.22. The molecule has 0 radical (unpaired) electrons. The third-order valence-electron chi connectivity index (χ3n) is 3.84. The van der Waals surface area contributed by atoms with E-state index < -0.39 is 0 Å². The van der Waals surface area contributed by atoms with Crippen LogP contribution in [0.25, 0.3) is 0 Å². The van der Waals surface area contributed by atoms with Crippen LogP contribution in [0.1, 0.15) is 48.6 Å². The first-order valence-electron chi connectivity index (χ1n) is 7.30. The smallest absolute Gasteiger partial charge is 0.123 e. The number of aryl methyl sites for hydroxylation is 2. The lowest BCUT2D eigenvalue weighted by atomic mass is 9.81. The van der Waals surface area contributed by atoms with Gasteiger partial charge in [0.05, 0.1) is 0 Å². The maximum Gasteiger partial charge on any atom is 0.123 e. The Morgan fingerprint density at radius 3 is 2.19 bits per heavy atom. The van der Waals surface area contributed by atoms with Gasteiger partial charge in [0.15, 0.2) is 0 Å². The molecule has 2 N–H and O–H groups in total. The second-order valence-electron chi connectivity index (χ2n) is 6.82. The van der Waals surface area contributed by atoms with Gasteiger partial charge in [-0.25, -0.2) is 0 Å². The van der Waals surface area contributed by atoms with E-state index in [2.05, 4.69) is 20.8 Å². The summed E-state index contributed by atoms with van der Waals surface area (Å²) in [6, 6.07) is 9.55. The van der Waals surface area contributed by atoms with Gasteiger partial charge in [-0.05, 0) is 42.0 Å². The molecule has 21 heavy (non-hydrogen) atoms. The number of phenols is 2. The molecule has 0 aromatic heterocycles. The summed E-state index contributed by atoms with van der Waals surface area (Å²) in [6.45, 7) is 10.3. The highest BCUT2D eigenvalue weighted by Crippen LogP contribution is 2.37. The molecule has 0 aliphatic rings. The van der Waals surface area contributed by atoms with Gasteiger partial charge in [0.1, 0.15) is 11.5 Å². The van der Waals surface area contributed by atoms with E-state index >= 15 is 0 Å². The Morgan fingerprint density at radius 2 is 1.57 bits per heavy atom. The molecule has 0 aliphatic carbocycles. The number of aromatic hydroxyl groups is 2. The normalized spacial score (nSPS) is 11.7. The summed E-state index contributed by atoms with van der Waals surface area (Å²) in [6.07, 6.45) is 0.530. The number of hydrogen-bond acceptors (Lipinski definition) is 2. The molecule has 0 unspecified atom stereocenters. The maximum absolute atomic E-state index is 10.6. The van der Waals surface area contributed by atoms with E-state index in [0.717, 1.165) is 27.8 Å². The Kier molecular flexibility index (Phi) is 3.99.